The molecular weight excluding hydrogens is 379 g/mol. The van der Waals surface area contributed by atoms with Gasteiger partial charge in [0, 0.05) is 11.8 Å². The fraction of sp³-hybridized carbons (Fsp3) is 0.818. The van der Waals surface area contributed by atoms with Crippen LogP contribution in [0.15, 0.2) is 11.6 Å². The van der Waals surface area contributed by atoms with Crippen molar-refractivity contribution >= 4 is 11.6 Å². The van der Waals surface area contributed by atoms with Crippen molar-refractivity contribution in [1.29, 1.82) is 0 Å². The number of aliphatic hydroxyl groups is 4. The Kier molecular flexibility index (Phi) is 4.50. The molecule has 0 aromatic rings. The van der Waals surface area contributed by atoms with Crippen molar-refractivity contribution in [2.75, 3.05) is 6.61 Å². The van der Waals surface area contributed by atoms with Crippen LogP contribution in [0.2, 0.25) is 0 Å². The number of hydrogen-bond donors (Lipinski definition) is 4. The van der Waals surface area contributed by atoms with Crippen LogP contribution in [0.5, 0.6) is 0 Å². The van der Waals surface area contributed by atoms with Crippen molar-refractivity contribution in [3.05, 3.63) is 11.6 Å². The molecule has 4 N–H and O–H groups in total. The summed E-state index contributed by atoms with van der Waals surface area (Å²) in [6, 6.07) is 0. The summed E-state index contributed by atoms with van der Waals surface area (Å²) in [6.07, 6.45) is -0.397. The Morgan fingerprint density at radius 2 is 1.93 bits per heavy atom. The number of carbonyl (C=O) groups is 2. The van der Waals surface area contributed by atoms with Gasteiger partial charge in [-0.05, 0) is 60.5 Å². The maximum absolute atomic E-state index is 15.3. The molecule has 0 saturated heterocycles. The molecule has 0 unspecified atom stereocenters. The summed E-state index contributed by atoms with van der Waals surface area (Å²) in [5.74, 6) is -2.71. The fourth-order valence-corrected chi connectivity index (χ4v) is 7.73. The van der Waals surface area contributed by atoms with E-state index in [1.807, 2.05) is 6.92 Å². The number of alkyl halides is 1. The van der Waals surface area contributed by atoms with Crippen LogP contribution >= 0.6 is 0 Å². The second kappa shape index (κ2) is 6.19. The molecule has 6 nitrogen and oxygen atoms in total. The number of hydrogen-bond acceptors (Lipinski definition) is 6. The highest BCUT2D eigenvalue weighted by atomic mass is 19.1. The first-order valence-corrected chi connectivity index (χ1v) is 10.5. The summed E-state index contributed by atoms with van der Waals surface area (Å²) in [5, 5.41) is 44.1. The van der Waals surface area contributed by atoms with Crippen LogP contribution in [0, 0.1) is 28.6 Å². The molecule has 0 heterocycles. The van der Waals surface area contributed by atoms with Gasteiger partial charge in [-0.2, -0.15) is 0 Å². The highest BCUT2D eigenvalue weighted by molar-refractivity contribution is 5.92. The minimum atomic E-state index is -2.01. The average molecular weight is 410 g/mol. The minimum absolute atomic E-state index is 0.0367. The van der Waals surface area contributed by atoms with Crippen LogP contribution in [-0.4, -0.2) is 62.1 Å². The first kappa shape index (κ1) is 21.1. The van der Waals surface area contributed by atoms with Crippen LogP contribution < -0.4 is 0 Å². The van der Waals surface area contributed by atoms with Gasteiger partial charge < -0.3 is 20.4 Å². The van der Waals surface area contributed by atoms with E-state index in [9.17, 15) is 30.0 Å². The predicted molar refractivity (Wildman–Crippen MR) is 101 cm³/mol. The van der Waals surface area contributed by atoms with Gasteiger partial charge in [0.25, 0.3) is 0 Å². The van der Waals surface area contributed by atoms with Crippen molar-refractivity contribution in [2.45, 2.75) is 76.4 Å². The normalized spacial score (nSPS) is 54.3. The van der Waals surface area contributed by atoms with Crippen molar-refractivity contribution in [2.24, 2.45) is 28.6 Å². The molecule has 4 aliphatic carbocycles. The lowest BCUT2D eigenvalue weighted by atomic mass is 9.43. The minimum Gasteiger partial charge on any atom is -0.393 e. The molecule has 7 heteroatoms. The zero-order valence-corrected chi connectivity index (χ0v) is 17.2. The van der Waals surface area contributed by atoms with Gasteiger partial charge in [-0.15, -0.1) is 0 Å². The van der Waals surface area contributed by atoms with Crippen LogP contribution in [0.4, 0.5) is 4.39 Å². The molecule has 0 amide bonds. The maximum atomic E-state index is 15.3. The highest BCUT2D eigenvalue weighted by Crippen LogP contribution is 2.70. The highest BCUT2D eigenvalue weighted by Gasteiger charge is 2.77. The van der Waals surface area contributed by atoms with Gasteiger partial charge in [0.1, 0.15) is 18.4 Å². The Hall–Kier alpha value is -1.15. The van der Waals surface area contributed by atoms with E-state index in [4.69, 9.17) is 0 Å². The quantitative estimate of drug-likeness (QED) is 0.542. The second-order valence-electron chi connectivity index (χ2n) is 10.3. The third-order valence-electron chi connectivity index (χ3n) is 9.18. The van der Waals surface area contributed by atoms with E-state index >= 15 is 4.39 Å². The van der Waals surface area contributed by atoms with E-state index in [0.717, 1.165) is 0 Å². The third kappa shape index (κ3) is 2.30. The summed E-state index contributed by atoms with van der Waals surface area (Å²) >= 11 is 0. The summed E-state index contributed by atoms with van der Waals surface area (Å²) < 4.78 is 15.3. The van der Waals surface area contributed by atoms with E-state index in [-0.39, 0.29) is 31.5 Å². The van der Waals surface area contributed by atoms with Crippen LogP contribution in [0.1, 0.15) is 52.9 Å². The predicted octanol–water partition coefficient (Wildman–Crippen LogP) is 1.09. The number of aliphatic hydroxyl groups excluding tert-OH is 2. The number of Topliss-reactive ketones (excluding diaryl/α,β-unsaturated/α-hetero) is 1. The average Bonchev–Trinajstić information content (AvgIpc) is 2.81. The van der Waals surface area contributed by atoms with E-state index in [1.165, 1.54) is 6.08 Å². The molecule has 4 aliphatic rings. The molecule has 0 radical (unpaired) electrons. The standard InChI is InChI=1S/C22H31FO6/c1-11-8-21(28)14-7-15(23)13-6-12(25)4-5-19(13,2)18(14)16(26)9-20(21,3)22(11,29)17(27)10-24/h6,11,14-16,18,24,26,28-29H,4-5,7-10H2,1-3H3/t11-,14-,15-,16-,18-,19+,20+,21-,22-/m1/s1. The van der Waals surface area contributed by atoms with E-state index < -0.39 is 64.5 Å². The number of allylic oxidation sites excluding steroid dienone is 1. The Bertz CT molecular complexity index is 796. The summed E-state index contributed by atoms with van der Waals surface area (Å²) in [6.45, 7) is 4.22. The molecule has 4 rings (SSSR count). The molecule has 9 atom stereocenters. The largest absolute Gasteiger partial charge is 0.393 e. The molecule has 3 saturated carbocycles. The number of fused-ring (bicyclic) bond motifs is 5. The van der Waals surface area contributed by atoms with Gasteiger partial charge in [0.05, 0.1) is 11.7 Å². The molecule has 3 fully saturated rings. The van der Waals surface area contributed by atoms with Crippen LogP contribution in [0.3, 0.4) is 0 Å². The second-order valence-corrected chi connectivity index (χ2v) is 10.3. The fourth-order valence-electron chi connectivity index (χ4n) is 7.73. The molecule has 0 aromatic heterocycles. The van der Waals surface area contributed by atoms with Crippen molar-refractivity contribution in [1.82, 2.24) is 0 Å². The van der Waals surface area contributed by atoms with E-state index in [1.54, 1.807) is 13.8 Å². The molecule has 0 aliphatic heterocycles. The van der Waals surface area contributed by atoms with Crippen molar-refractivity contribution in [3.8, 4) is 0 Å². The molecule has 0 bridgehead atoms. The van der Waals surface area contributed by atoms with Gasteiger partial charge in [-0.3, -0.25) is 9.59 Å². The van der Waals surface area contributed by atoms with E-state index in [2.05, 4.69) is 0 Å². The summed E-state index contributed by atoms with van der Waals surface area (Å²) in [5.41, 5.74) is -5.36. The van der Waals surface area contributed by atoms with Gasteiger partial charge >= 0.3 is 0 Å². The first-order chi connectivity index (χ1) is 13.4. The zero-order valence-electron chi connectivity index (χ0n) is 17.2. The molecule has 162 valence electrons. The zero-order chi connectivity index (χ0) is 21.6. The van der Waals surface area contributed by atoms with Gasteiger partial charge in [0.15, 0.2) is 11.6 Å². The van der Waals surface area contributed by atoms with Gasteiger partial charge in [-0.1, -0.05) is 20.8 Å². The molecule has 0 aromatic carbocycles. The molecule has 0 spiro atoms. The Labute approximate surface area is 169 Å². The van der Waals surface area contributed by atoms with Crippen LogP contribution in [0.25, 0.3) is 0 Å². The summed E-state index contributed by atoms with van der Waals surface area (Å²) in [7, 11) is 0. The lowest BCUT2D eigenvalue weighted by Crippen LogP contribution is -2.70. The van der Waals surface area contributed by atoms with Gasteiger partial charge in [-0.25, -0.2) is 4.39 Å². The van der Waals surface area contributed by atoms with Crippen molar-refractivity contribution < 1.29 is 34.4 Å². The SMILES string of the molecule is C[C@@H]1C[C@@]2(O)[C@@H]3C[C@@H](F)C4=CC(=O)CC[C@]4(C)[C@H]3[C@H](O)C[C@]2(C)[C@]1(O)C(=O)CO. The number of ketones is 2. The van der Waals surface area contributed by atoms with Crippen LogP contribution in [-0.2, 0) is 9.59 Å². The first-order valence-electron chi connectivity index (χ1n) is 10.5. The Morgan fingerprint density at radius 1 is 1.28 bits per heavy atom. The summed E-state index contributed by atoms with van der Waals surface area (Å²) in [4.78, 5) is 24.5. The molecular formula is C22H31FO6. The van der Waals surface area contributed by atoms with E-state index in [0.29, 0.717) is 12.0 Å². The Morgan fingerprint density at radius 3 is 2.55 bits per heavy atom. The topological polar surface area (TPSA) is 115 Å². The number of rotatable bonds is 2. The lowest BCUT2D eigenvalue weighted by Gasteiger charge is -2.63. The Balaban J connectivity index is 1.86. The smallest absolute Gasteiger partial charge is 0.190 e. The lowest BCUT2D eigenvalue weighted by molar-refractivity contribution is -0.248. The monoisotopic (exact) mass is 410 g/mol. The third-order valence-corrected chi connectivity index (χ3v) is 9.18. The number of halogens is 1. The maximum Gasteiger partial charge on any atom is 0.190 e. The molecule has 29 heavy (non-hydrogen) atoms. The van der Waals surface area contributed by atoms with Gasteiger partial charge in [0.2, 0.25) is 0 Å². The van der Waals surface area contributed by atoms with Crippen molar-refractivity contribution in [3.63, 3.8) is 0 Å². The number of carbonyl (C=O) groups excluding carboxylic acids is 2.